The average Bonchev–Trinajstić information content (AvgIpc) is 3.09. The molecule has 0 spiro atoms. The lowest BCUT2D eigenvalue weighted by molar-refractivity contribution is -0.131. The van der Waals surface area contributed by atoms with Gasteiger partial charge in [-0.1, -0.05) is 42.5 Å². The van der Waals surface area contributed by atoms with Crippen LogP contribution in [0.3, 0.4) is 0 Å². The Hall–Kier alpha value is -3.19. The minimum absolute atomic E-state index is 0.0498. The van der Waals surface area contributed by atoms with Crippen molar-refractivity contribution in [3.05, 3.63) is 84.2 Å². The Bertz CT molecular complexity index is 1010. The van der Waals surface area contributed by atoms with E-state index in [4.69, 9.17) is 4.74 Å². The van der Waals surface area contributed by atoms with Crippen LogP contribution in [0.2, 0.25) is 0 Å². The molecule has 1 fully saturated rings. The molecule has 1 aliphatic rings. The molecular weight excluding hydrogens is 407 g/mol. The summed E-state index contributed by atoms with van der Waals surface area (Å²) in [5.74, 6) is 0.866. The number of halogens is 1. The number of carbonyl (C=O) groups excluding carboxylic acids is 1. The van der Waals surface area contributed by atoms with Crippen LogP contribution in [0.1, 0.15) is 24.2 Å². The summed E-state index contributed by atoms with van der Waals surface area (Å²) in [5.41, 5.74) is 1.25. The molecule has 168 valence electrons. The van der Waals surface area contributed by atoms with E-state index in [9.17, 15) is 9.18 Å². The maximum absolute atomic E-state index is 13.6. The van der Waals surface area contributed by atoms with Crippen molar-refractivity contribution in [3.8, 4) is 5.75 Å². The van der Waals surface area contributed by atoms with E-state index in [1.807, 2.05) is 35.5 Å². The lowest BCUT2D eigenvalue weighted by Gasteiger charge is -2.22. The third-order valence-corrected chi connectivity index (χ3v) is 5.71. The van der Waals surface area contributed by atoms with Crippen molar-refractivity contribution in [1.29, 1.82) is 0 Å². The van der Waals surface area contributed by atoms with Gasteiger partial charge in [0.15, 0.2) is 11.6 Å². The fourth-order valence-corrected chi connectivity index (χ4v) is 3.96. The monoisotopic (exact) mass is 436 g/mol. The Kier molecular flexibility index (Phi) is 7.51. The highest BCUT2D eigenvalue weighted by Crippen LogP contribution is 2.16. The maximum atomic E-state index is 13.6. The van der Waals surface area contributed by atoms with Crippen LogP contribution < -0.4 is 4.74 Å². The Morgan fingerprint density at radius 2 is 1.78 bits per heavy atom. The van der Waals surface area contributed by atoms with Crippen molar-refractivity contribution in [2.45, 2.75) is 25.9 Å². The van der Waals surface area contributed by atoms with Gasteiger partial charge < -0.3 is 14.2 Å². The number of nitrogens with zero attached hydrogens (tertiary/aromatic N) is 4. The number of ether oxygens (including phenoxy) is 1. The molecule has 32 heavy (non-hydrogen) atoms. The molecular formula is C25H29FN4O2. The van der Waals surface area contributed by atoms with Crippen molar-refractivity contribution >= 4 is 5.91 Å². The normalized spacial score (nSPS) is 14.8. The summed E-state index contributed by atoms with van der Waals surface area (Å²) in [5, 5.41) is 0. The van der Waals surface area contributed by atoms with Crippen molar-refractivity contribution in [2.24, 2.45) is 0 Å². The highest BCUT2D eigenvalue weighted by Gasteiger charge is 2.20. The van der Waals surface area contributed by atoms with Crippen LogP contribution >= 0.6 is 0 Å². The van der Waals surface area contributed by atoms with Crippen LogP contribution in [0, 0.1) is 5.82 Å². The molecule has 1 aromatic heterocycles. The summed E-state index contributed by atoms with van der Waals surface area (Å²) >= 11 is 0. The highest BCUT2D eigenvalue weighted by atomic mass is 19.1. The van der Waals surface area contributed by atoms with Gasteiger partial charge in [0, 0.05) is 45.1 Å². The average molecular weight is 437 g/mol. The molecule has 0 bridgehead atoms. The minimum Gasteiger partial charge on any atom is -0.490 e. The lowest BCUT2D eigenvalue weighted by atomic mass is 10.2. The number of imidazole rings is 1. The maximum Gasteiger partial charge on any atom is 0.226 e. The molecule has 1 saturated heterocycles. The molecule has 3 aromatic rings. The first-order valence-electron chi connectivity index (χ1n) is 11.1. The molecule has 1 aliphatic heterocycles. The standard InChI is InChI=1S/C25H29FN4O2/c26-22-9-4-5-10-23(22)32-18-11-25(31)29-14-6-13-28(16-17-29)20-24-27-12-15-30(24)19-21-7-2-1-3-8-21/h1-5,7-10,12,15H,6,11,13-14,16-20H2. The van der Waals surface area contributed by atoms with E-state index in [-0.39, 0.29) is 24.7 Å². The SMILES string of the molecule is O=C(CCOc1ccccc1F)N1CCCN(Cc2nccn2Cc2ccccc2)CC1. The van der Waals surface area contributed by atoms with Gasteiger partial charge >= 0.3 is 0 Å². The summed E-state index contributed by atoms with van der Waals surface area (Å²) in [6.45, 7) is 4.88. The van der Waals surface area contributed by atoms with E-state index < -0.39 is 5.82 Å². The van der Waals surface area contributed by atoms with Crippen LogP contribution in [-0.4, -0.2) is 58.0 Å². The molecule has 4 rings (SSSR count). The number of amides is 1. The minimum atomic E-state index is -0.406. The lowest BCUT2D eigenvalue weighted by Crippen LogP contribution is -2.36. The van der Waals surface area contributed by atoms with Crippen molar-refractivity contribution < 1.29 is 13.9 Å². The van der Waals surface area contributed by atoms with Gasteiger partial charge in [0.2, 0.25) is 5.91 Å². The smallest absolute Gasteiger partial charge is 0.226 e. The molecule has 7 heteroatoms. The van der Waals surface area contributed by atoms with Gasteiger partial charge in [-0.05, 0) is 24.1 Å². The third-order valence-electron chi connectivity index (χ3n) is 5.71. The van der Waals surface area contributed by atoms with Crippen LogP contribution in [0.15, 0.2) is 67.0 Å². The molecule has 2 aromatic carbocycles. The van der Waals surface area contributed by atoms with Gasteiger partial charge in [0.25, 0.3) is 0 Å². The Morgan fingerprint density at radius 1 is 0.969 bits per heavy atom. The largest absolute Gasteiger partial charge is 0.490 e. The Balaban J connectivity index is 1.25. The fraction of sp³-hybridized carbons (Fsp3) is 0.360. The number of aromatic nitrogens is 2. The molecule has 2 heterocycles. The number of rotatable bonds is 8. The zero-order chi connectivity index (χ0) is 22.2. The summed E-state index contributed by atoms with van der Waals surface area (Å²) in [7, 11) is 0. The van der Waals surface area contributed by atoms with Gasteiger partial charge in [-0.15, -0.1) is 0 Å². The van der Waals surface area contributed by atoms with Crippen molar-refractivity contribution in [1.82, 2.24) is 19.4 Å². The zero-order valence-corrected chi connectivity index (χ0v) is 18.2. The topological polar surface area (TPSA) is 50.6 Å². The molecule has 1 amide bonds. The molecule has 0 saturated carbocycles. The molecule has 6 nitrogen and oxygen atoms in total. The predicted molar refractivity (Wildman–Crippen MR) is 121 cm³/mol. The second-order valence-electron chi connectivity index (χ2n) is 8.00. The Labute approximate surface area is 188 Å². The number of benzene rings is 2. The first-order valence-corrected chi connectivity index (χ1v) is 11.1. The first kappa shape index (κ1) is 22.0. The van der Waals surface area contributed by atoms with E-state index in [1.165, 1.54) is 11.6 Å². The van der Waals surface area contributed by atoms with E-state index in [0.29, 0.717) is 6.54 Å². The quantitative estimate of drug-likeness (QED) is 0.542. The van der Waals surface area contributed by atoms with E-state index >= 15 is 0 Å². The van der Waals surface area contributed by atoms with Crippen LogP contribution in [0.4, 0.5) is 4.39 Å². The van der Waals surface area contributed by atoms with Crippen LogP contribution in [-0.2, 0) is 17.9 Å². The van der Waals surface area contributed by atoms with Gasteiger partial charge in [-0.25, -0.2) is 9.37 Å². The first-order chi connectivity index (χ1) is 15.7. The highest BCUT2D eigenvalue weighted by molar-refractivity contribution is 5.76. The van der Waals surface area contributed by atoms with Gasteiger partial charge in [0.1, 0.15) is 5.82 Å². The number of carbonyl (C=O) groups is 1. The van der Waals surface area contributed by atoms with Gasteiger partial charge in [0.05, 0.1) is 19.6 Å². The van der Waals surface area contributed by atoms with Crippen LogP contribution in [0.25, 0.3) is 0 Å². The second kappa shape index (κ2) is 10.9. The summed E-state index contributed by atoms with van der Waals surface area (Å²) < 4.78 is 21.3. The van der Waals surface area contributed by atoms with E-state index in [1.54, 1.807) is 18.2 Å². The number of hydrogen-bond acceptors (Lipinski definition) is 4. The molecule has 0 N–H and O–H groups in total. The molecule has 0 atom stereocenters. The van der Waals surface area contributed by atoms with E-state index in [2.05, 4.69) is 26.6 Å². The number of para-hydroxylation sites is 1. The van der Waals surface area contributed by atoms with Crippen molar-refractivity contribution in [2.75, 3.05) is 32.8 Å². The molecule has 0 radical (unpaired) electrons. The third kappa shape index (κ3) is 5.95. The molecule has 0 aliphatic carbocycles. The van der Waals surface area contributed by atoms with Crippen molar-refractivity contribution in [3.63, 3.8) is 0 Å². The van der Waals surface area contributed by atoms with Gasteiger partial charge in [-0.3, -0.25) is 9.69 Å². The van der Waals surface area contributed by atoms with Crippen LogP contribution in [0.5, 0.6) is 5.75 Å². The zero-order valence-electron chi connectivity index (χ0n) is 18.2. The summed E-state index contributed by atoms with van der Waals surface area (Å²) in [4.78, 5) is 21.4. The summed E-state index contributed by atoms with van der Waals surface area (Å²) in [6, 6.07) is 16.6. The molecule has 0 unspecified atom stereocenters. The fourth-order valence-electron chi connectivity index (χ4n) is 3.96. The summed E-state index contributed by atoms with van der Waals surface area (Å²) in [6.07, 6.45) is 5.03. The van der Waals surface area contributed by atoms with E-state index in [0.717, 1.165) is 45.0 Å². The predicted octanol–water partition coefficient (Wildman–Crippen LogP) is 3.57. The number of hydrogen-bond donors (Lipinski definition) is 0. The Morgan fingerprint density at radius 3 is 2.62 bits per heavy atom. The second-order valence-corrected chi connectivity index (χ2v) is 8.00. The van der Waals surface area contributed by atoms with Gasteiger partial charge in [-0.2, -0.15) is 0 Å².